The molecule has 44 heavy (non-hydrogen) atoms. The summed E-state index contributed by atoms with van der Waals surface area (Å²) in [4.78, 5) is 34.5. The Hall–Kier alpha value is -4.36. The van der Waals surface area contributed by atoms with Crippen LogP contribution in [-0.2, 0) is 13.1 Å². The van der Waals surface area contributed by atoms with Crippen LogP contribution in [0.5, 0.6) is 5.75 Å². The van der Waals surface area contributed by atoms with Gasteiger partial charge in [-0.15, -0.1) is 0 Å². The summed E-state index contributed by atoms with van der Waals surface area (Å²) < 4.78 is 7.66. The van der Waals surface area contributed by atoms with E-state index in [9.17, 15) is 9.59 Å². The van der Waals surface area contributed by atoms with Crippen molar-refractivity contribution in [3.05, 3.63) is 107 Å². The highest BCUT2D eigenvalue weighted by Gasteiger charge is 2.31. The second-order valence-electron chi connectivity index (χ2n) is 12.2. The summed E-state index contributed by atoms with van der Waals surface area (Å²) in [6.07, 6.45) is 6.02. The average molecular weight is 589 g/mol. The topological polar surface area (TPSA) is 58.0 Å². The second kappa shape index (κ2) is 12.3. The van der Waals surface area contributed by atoms with Gasteiger partial charge in [-0.3, -0.25) is 9.59 Å². The maximum Gasteiger partial charge on any atom is 0.270 e. The van der Waals surface area contributed by atoms with Crippen molar-refractivity contribution in [2.24, 2.45) is 0 Å². The quantitative estimate of drug-likeness (QED) is 0.269. The molecule has 4 aromatic rings. The van der Waals surface area contributed by atoms with Crippen molar-refractivity contribution < 1.29 is 14.3 Å². The molecule has 7 rings (SSSR count). The summed E-state index contributed by atoms with van der Waals surface area (Å²) >= 11 is 0. The Morgan fingerprint density at radius 3 is 2.23 bits per heavy atom. The zero-order valence-corrected chi connectivity index (χ0v) is 25.5. The number of ether oxygens (including phenoxy) is 1. The lowest BCUT2D eigenvalue weighted by molar-refractivity contribution is 0.0580. The first-order chi connectivity index (χ1) is 21.6. The predicted octanol–water partition coefficient (Wildman–Crippen LogP) is 6.46. The highest BCUT2D eigenvalue weighted by atomic mass is 16.5. The molecule has 226 valence electrons. The Morgan fingerprint density at radius 1 is 0.727 bits per heavy atom. The minimum absolute atomic E-state index is 0.0636. The van der Waals surface area contributed by atoms with E-state index in [4.69, 9.17) is 4.74 Å². The summed E-state index contributed by atoms with van der Waals surface area (Å²) in [6.45, 7) is 4.95. The molecule has 4 heterocycles. The zero-order chi connectivity index (χ0) is 30.0. The van der Waals surface area contributed by atoms with E-state index >= 15 is 0 Å². The number of nitrogens with zero attached hydrogens (tertiary/aromatic N) is 4. The van der Waals surface area contributed by atoms with Gasteiger partial charge in [0.15, 0.2) is 0 Å². The van der Waals surface area contributed by atoms with E-state index in [0.717, 1.165) is 59.8 Å². The van der Waals surface area contributed by atoms with Crippen LogP contribution >= 0.6 is 0 Å². The third kappa shape index (κ3) is 5.41. The van der Waals surface area contributed by atoms with E-state index in [1.54, 1.807) is 7.11 Å². The maximum absolute atomic E-state index is 14.1. The first-order valence-electron chi connectivity index (χ1n) is 16.0. The van der Waals surface area contributed by atoms with Gasteiger partial charge in [0.05, 0.1) is 20.2 Å². The van der Waals surface area contributed by atoms with Crippen LogP contribution in [0.25, 0.3) is 11.1 Å². The van der Waals surface area contributed by atoms with Crippen LogP contribution in [0, 0.1) is 0 Å². The number of para-hydroxylation sites is 2. The molecule has 0 radical (unpaired) electrons. The summed E-state index contributed by atoms with van der Waals surface area (Å²) in [7, 11) is 1.67. The standard InChI is InChI=1S/C37H40N4O3/c1-44-35-12-6-4-10-32(35)27-13-15-28(16-14-27)36(42)41-26-31-17-18-34(40(31)25-29-9-3-5-11-33(29)41)37(43)39-23-19-30(20-24-39)38-21-7-2-8-22-38/h3-6,9-18,30H,2,7-8,19-26H2,1H3. The third-order valence-corrected chi connectivity index (χ3v) is 9.67. The van der Waals surface area contributed by atoms with E-state index in [-0.39, 0.29) is 11.8 Å². The van der Waals surface area contributed by atoms with Crippen LogP contribution in [0.2, 0.25) is 0 Å². The minimum atomic E-state index is -0.0636. The number of hydrogen-bond donors (Lipinski definition) is 0. The molecular formula is C37H40N4O3. The van der Waals surface area contributed by atoms with Crippen molar-refractivity contribution in [2.75, 3.05) is 38.2 Å². The number of carbonyl (C=O) groups is 2. The molecule has 2 fully saturated rings. The predicted molar refractivity (Wildman–Crippen MR) is 173 cm³/mol. The van der Waals surface area contributed by atoms with Crippen LogP contribution in [0.3, 0.4) is 0 Å². The van der Waals surface area contributed by atoms with Crippen LogP contribution in [0.15, 0.2) is 84.9 Å². The number of anilines is 1. The summed E-state index contributed by atoms with van der Waals surface area (Å²) in [5.41, 5.74) is 6.18. The number of methoxy groups -OCH3 is 1. The number of hydrogen-bond acceptors (Lipinski definition) is 4. The summed E-state index contributed by atoms with van der Waals surface area (Å²) in [5, 5.41) is 0. The molecule has 0 saturated carbocycles. The third-order valence-electron chi connectivity index (χ3n) is 9.67. The molecule has 0 bridgehead atoms. The van der Waals surface area contributed by atoms with Gasteiger partial charge in [0, 0.05) is 41.6 Å². The number of rotatable bonds is 5. The fraction of sp³-hybridized carbons (Fsp3) is 0.351. The van der Waals surface area contributed by atoms with Crippen LogP contribution in [0.1, 0.15) is 64.2 Å². The van der Waals surface area contributed by atoms with Gasteiger partial charge in [0.2, 0.25) is 0 Å². The van der Waals surface area contributed by atoms with E-state index < -0.39 is 0 Å². The average Bonchev–Trinajstić information content (AvgIpc) is 3.41. The molecule has 2 saturated heterocycles. The Balaban J connectivity index is 1.12. The van der Waals surface area contributed by atoms with Crippen molar-refractivity contribution in [1.82, 2.24) is 14.4 Å². The molecule has 0 unspecified atom stereocenters. The fourth-order valence-electron chi connectivity index (χ4n) is 7.24. The molecule has 7 nitrogen and oxygen atoms in total. The Labute approximate surface area is 259 Å². The smallest absolute Gasteiger partial charge is 0.270 e. The molecule has 0 spiro atoms. The monoisotopic (exact) mass is 588 g/mol. The molecule has 3 aromatic carbocycles. The van der Waals surface area contributed by atoms with Gasteiger partial charge in [0.1, 0.15) is 11.4 Å². The largest absolute Gasteiger partial charge is 0.496 e. The second-order valence-corrected chi connectivity index (χ2v) is 12.2. The van der Waals surface area contributed by atoms with Gasteiger partial charge in [-0.25, -0.2) is 0 Å². The van der Waals surface area contributed by atoms with Crippen LogP contribution in [0.4, 0.5) is 5.69 Å². The number of aromatic nitrogens is 1. The molecule has 3 aliphatic rings. The highest BCUT2D eigenvalue weighted by molar-refractivity contribution is 6.07. The zero-order valence-electron chi connectivity index (χ0n) is 25.5. The van der Waals surface area contributed by atoms with E-state index in [1.165, 1.54) is 32.4 Å². The minimum Gasteiger partial charge on any atom is -0.496 e. The molecule has 7 heteroatoms. The van der Waals surface area contributed by atoms with Crippen molar-refractivity contribution in [3.8, 4) is 16.9 Å². The lowest BCUT2D eigenvalue weighted by Gasteiger charge is -2.40. The van der Waals surface area contributed by atoms with Gasteiger partial charge >= 0.3 is 0 Å². The summed E-state index contributed by atoms with van der Waals surface area (Å²) in [6, 6.07) is 28.2. The van der Waals surface area contributed by atoms with Gasteiger partial charge in [0.25, 0.3) is 11.8 Å². The Kier molecular flexibility index (Phi) is 7.96. The normalized spacial score (nSPS) is 17.5. The van der Waals surface area contributed by atoms with Gasteiger partial charge in [-0.2, -0.15) is 0 Å². The van der Waals surface area contributed by atoms with Crippen LogP contribution in [-0.4, -0.2) is 65.5 Å². The lowest BCUT2D eigenvalue weighted by atomic mass is 9.99. The first-order valence-corrected chi connectivity index (χ1v) is 16.0. The van der Waals surface area contributed by atoms with E-state index in [0.29, 0.717) is 30.4 Å². The van der Waals surface area contributed by atoms with Gasteiger partial charge in [-0.1, -0.05) is 55.0 Å². The number of carbonyl (C=O) groups excluding carboxylic acids is 2. The van der Waals surface area contributed by atoms with Gasteiger partial charge < -0.3 is 24.0 Å². The lowest BCUT2D eigenvalue weighted by Crippen LogP contribution is -2.48. The molecule has 0 N–H and O–H groups in total. The Bertz CT molecular complexity index is 1650. The number of piperidine rings is 2. The molecule has 0 aliphatic carbocycles. The Morgan fingerprint density at radius 2 is 1.45 bits per heavy atom. The number of benzene rings is 3. The first kappa shape index (κ1) is 28.4. The van der Waals surface area contributed by atoms with E-state index in [1.807, 2.05) is 88.7 Å². The van der Waals surface area contributed by atoms with Gasteiger partial charge in [-0.05, 0) is 86.3 Å². The van der Waals surface area contributed by atoms with Crippen molar-refractivity contribution in [1.29, 1.82) is 0 Å². The number of amides is 2. The number of fused-ring (bicyclic) bond motifs is 2. The van der Waals surface area contributed by atoms with E-state index in [2.05, 4.69) is 15.5 Å². The maximum atomic E-state index is 14.1. The van der Waals surface area contributed by atoms with Crippen molar-refractivity contribution in [2.45, 2.75) is 51.2 Å². The molecule has 3 aliphatic heterocycles. The highest BCUT2D eigenvalue weighted by Crippen LogP contribution is 2.33. The van der Waals surface area contributed by atoms with Crippen molar-refractivity contribution in [3.63, 3.8) is 0 Å². The molecular weight excluding hydrogens is 548 g/mol. The SMILES string of the molecule is COc1ccccc1-c1ccc(C(=O)N2Cc3ccc(C(=O)N4CCC(N5CCCCC5)CC4)n3Cc3ccccc32)cc1. The van der Waals surface area contributed by atoms with Crippen LogP contribution < -0.4 is 9.64 Å². The number of likely N-dealkylation sites (tertiary alicyclic amines) is 2. The molecule has 0 atom stereocenters. The summed E-state index contributed by atoms with van der Waals surface area (Å²) in [5.74, 6) is 0.828. The molecule has 2 amide bonds. The molecule has 1 aromatic heterocycles. The van der Waals surface area contributed by atoms with Crippen molar-refractivity contribution >= 4 is 17.5 Å². The fourth-order valence-corrected chi connectivity index (χ4v) is 7.24.